The summed E-state index contributed by atoms with van der Waals surface area (Å²) in [5.41, 5.74) is -0.688. The zero-order valence-corrected chi connectivity index (χ0v) is 14.0. The van der Waals surface area contributed by atoms with Crippen LogP contribution in [0.15, 0.2) is 10.7 Å². The van der Waals surface area contributed by atoms with E-state index in [9.17, 15) is 4.79 Å². The maximum Gasteiger partial charge on any atom is 0.269 e. The molecule has 1 amide bonds. The molecule has 0 atom stereocenters. The minimum atomic E-state index is -0.675. The molecule has 114 valence electrons. The fourth-order valence-electron chi connectivity index (χ4n) is 1.79. The molecule has 0 aliphatic carbocycles. The van der Waals surface area contributed by atoms with E-state index in [2.05, 4.69) is 41.2 Å². The van der Waals surface area contributed by atoms with Gasteiger partial charge in [-0.05, 0) is 13.8 Å². The van der Waals surface area contributed by atoms with Gasteiger partial charge in [-0.1, -0.05) is 25.9 Å². The second-order valence-corrected chi connectivity index (χ2v) is 7.54. The lowest BCUT2D eigenvalue weighted by molar-refractivity contribution is -0.120. The first-order valence-electron chi connectivity index (χ1n) is 6.69. The number of hydrogen-bond acceptors (Lipinski definition) is 6. The van der Waals surface area contributed by atoms with E-state index in [0.29, 0.717) is 11.7 Å². The van der Waals surface area contributed by atoms with Gasteiger partial charge in [-0.15, -0.1) is 11.3 Å². The Labute approximate surface area is 128 Å². The minimum Gasteiger partial charge on any atom is -0.344 e. The number of carbonyl (C=O) groups is 1. The summed E-state index contributed by atoms with van der Waals surface area (Å²) < 4.78 is 5.30. The zero-order chi connectivity index (χ0) is 15.8. The van der Waals surface area contributed by atoms with Crippen LogP contribution in [0.3, 0.4) is 0 Å². The Bertz CT molecular complexity index is 652. The summed E-state index contributed by atoms with van der Waals surface area (Å²) in [7, 11) is 0. The van der Waals surface area contributed by atoms with Crippen LogP contribution in [0.25, 0.3) is 10.8 Å². The quantitative estimate of drug-likeness (QED) is 0.943. The van der Waals surface area contributed by atoms with Crippen LogP contribution in [0, 0.1) is 0 Å². The summed E-state index contributed by atoms with van der Waals surface area (Å²) in [5.74, 6) is 0.731. The monoisotopic (exact) mass is 308 g/mol. The predicted molar refractivity (Wildman–Crippen MR) is 80.9 cm³/mol. The van der Waals surface area contributed by atoms with E-state index in [4.69, 9.17) is 4.52 Å². The molecule has 6 nitrogen and oxygen atoms in total. The number of nitrogens with one attached hydrogen (secondary N) is 1. The molecule has 0 spiro atoms. The summed E-state index contributed by atoms with van der Waals surface area (Å²) in [6.07, 6.45) is 1.74. The molecular formula is C14H20N4O2S. The smallest absolute Gasteiger partial charge is 0.269 e. The Morgan fingerprint density at radius 1 is 1.29 bits per heavy atom. The average Bonchev–Trinajstić information content (AvgIpc) is 2.95. The Kier molecular flexibility index (Phi) is 3.88. The van der Waals surface area contributed by atoms with Crippen molar-refractivity contribution >= 4 is 17.2 Å². The molecule has 0 saturated heterocycles. The van der Waals surface area contributed by atoms with Gasteiger partial charge in [0.25, 0.3) is 5.89 Å². The summed E-state index contributed by atoms with van der Waals surface area (Å²) in [5, 5.41) is 7.77. The molecule has 0 fully saturated rings. The number of amides is 1. The summed E-state index contributed by atoms with van der Waals surface area (Å²) in [6, 6.07) is 0. The van der Waals surface area contributed by atoms with Gasteiger partial charge >= 0.3 is 0 Å². The number of thiazole rings is 1. The summed E-state index contributed by atoms with van der Waals surface area (Å²) in [6.45, 7) is 11.4. The summed E-state index contributed by atoms with van der Waals surface area (Å²) in [4.78, 5) is 20.8. The van der Waals surface area contributed by atoms with Crippen LogP contribution in [0.5, 0.6) is 0 Å². The van der Waals surface area contributed by atoms with Gasteiger partial charge in [0.1, 0.15) is 4.88 Å². The Morgan fingerprint density at radius 2 is 1.95 bits per heavy atom. The van der Waals surface area contributed by atoms with Crippen molar-refractivity contribution in [3.05, 3.63) is 17.0 Å². The lowest BCUT2D eigenvalue weighted by atomic mass is 9.98. The van der Waals surface area contributed by atoms with Crippen molar-refractivity contribution in [1.29, 1.82) is 0 Å². The van der Waals surface area contributed by atoms with Crippen molar-refractivity contribution in [2.24, 2.45) is 0 Å². The van der Waals surface area contributed by atoms with Crippen molar-refractivity contribution in [2.75, 3.05) is 0 Å². The number of hydrogen-bond donors (Lipinski definition) is 1. The number of rotatable bonds is 3. The number of nitrogens with zero attached hydrogens (tertiary/aromatic N) is 3. The van der Waals surface area contributed by atoms with Gasteiger partial charge in [0.15, 0.2) is 5.82 Å². The van der Waals surface area contributed by atoms with Crippen LogP contribution in [0.4, 0.5) is 0 Å². The number of carbonyl (C=O) groups excluding carboxylic acids is 1. The third kappa shape index (κ3) is 3.47. The molecule has 2 aromatic rings. The molecule has 0 bridgehead atoms. The second kappa shape index (κ2) is 5.22. The van der Waals surface area contributed by atoms with Crippen molar-refractivity contribution < 1.29 is 9.32 Å². The van der Waals surface area contributed by atoms with Gasteiger partial charge < -0.3 is 9.84 Å². The first-order valence-corrected chi connectivity index (χ1v) is 7.51. The minimum absolute atomic E-state index is 0.0127. The van der Waals surface area contributed by atoms with Crippen LogP contribution < -0.4 is 5.32 Å². The highest BCUT2D eigenvalue weighted by Gasteiger charge is 2.28. The molecule has 2 aromatic heterocycles. The maximum atomic E-state index is 11.2. The van der Waals surface area contributed by atoms with Crippen molar-refractivity contribution in [1.82, 2.24) is 20.4 Å². The first kappa shape index (κ1) is 15.6. The van der Waals surface area contributed by atoms with Crippen molar-refractivity contribution in [3.8, 4) is 10.8 Å². The van der Waals surface area contributed by atoms with E-state index in [1.54, 1.807) is 6.20 Å². The van der Waals surface area contributed by atoms with Gasteiger partial charge in [-0.25, -0.2) is 4.98 Å². The second-order valence-electron chi connectivity index (χ2n) is 6.51. The van der Waals surface area contributed by atoms with Gasteiger partial charge in [0, 0.05) is 12.3 Å². The fraction of sp³-hybridized carbons (Fsp3) is 0.571. The Morgan fingerprint density at radius 3 is 2.48 bits per heavy atom. The van der Waals surface area contributed by atoms with Crippen molar-refractivity contribution in [3.63, 3.8) is 0 Å². The normalized spacial score (nSPS) is 12.5. The zero-order valence-electron chi connectivity index (χ0n) is 13.1. The number of aromatic nitrogens is 3. The largest absolute Gasteiger partial charge is 0.344 e. The van der Waals surface area contributed by atoms with Gasteiger partial charge in [0.2, 0.25) is 5.91 Å². The van der Waals surface area contributed by atoms with Crippen LogP contribution in [0.1, 0.15) is 52.4 Å². The molecule has 0 unspecified atom stereocenters. The fourth-order valence-corrected chi connectivity index (χ4v) is 2.69. The van der Waals surface area contributed by atoms with E-state index in [1.165, 1.54) is 18.3 Å². The van der Waals surface area contributed by atoms with Gasteiger partial charge in [-0.3, -0.25) is 4.79 Å². The topological polar surface area (TPSA) is 80.9 Å². The molecule has 0 radical (unpaired) electrons. The Hall–Kier alpha value is -1.76. The van der Waals surface area contributed by atoms with E-state index in [0.717, 1.165) is 9.88 Å². The van der Waals surface area contributed by atoms with E-state index in [1.807, 2.05) is 13.8 Å². The average molecular weight is 308 g/mol. The Balaban J connectivity index is 2.28. The molecule has 2 rings (SSSR count). The highest BCUT2D eigenvalue weighted by molar-refractivity contribution is 7.15. The third-order valence-electron chi connectivity index (χ3n) is 2.83. The van der Waals surface area contributed by atoms with E-state index >= 15 is 0 Å². The van der Waals surface area contributed by atoms with Crippen LogP contribution in [-0.4, -0.2) is 21.0 Å². The molecule has 0 aliphatic heterocycles. The molecule has 2 heterocycles. The van der Waals surface area contributed by atoms with Crippen LogP contribution in [0.2, 0.25) is 0 Å². The molecule has 7 heteroatoms. The van der Waals surface area contributed by atoms with Gasteiger partial charge in [0.05, 0.1) is 16.7 Å². The SMILES string of the molecule is CC(=O)NC(C)(C)c1noc(-c2cnc(C(C)(C)C)s2)n1. The standard InChI is InChI=1S/C14H20N4O2S/c1-8(19)17-14(5,6)11-16-10(20-18-11)9-7-15-12(21-9)13(2,3)4/h7H,1-6H3,(H,17,19). The van der Waals surface area contributed by atoms with Crippen molar-refractivity contribution in [2.45, 2.75) is 52.5 Å². The van der Waals surface area contributed by atoms with E-state index in [-0.39, 0.29) is 11.3 Å². The molecule has 0 aromatic carbocycles. The highest BCUT2D eigenvalue weighted by atomic mass is 32.1. The first-order chi connectivity index (χ1) is 9.59. The lowest BCUT2D eigenvalue weighted by Gasteiger charge is -2.20. The van der Waals surface area contributed by atoms with Gasteiger partial charge in [-0.2, -0.15) is 4.98 Å². The van der Waals surface area contributed by atoms with Crippen LogP contribution in [-0.2, 0) is 15.7 Å². The molecular weight excluding hydrogens is 288 g/mol. The third-order valence-corrected chi connectivity index (χ3v) is 4.24. The maximum absolute atomic E-state index is 11.2. The van der Waals surface area contributed by atoms with E-state index < -0.39 is 5.54 Å². The molecule has 0 saturated carbocycles. The molecule has 0 aliphatic rings. The summed E-state index contributed by atoms with van der Waals surface area (Å²) >= 11 is 1.54. The lowest BCUT2D eigenvalue weighted by Crippen LogP contribution is -2.40. The highest BCUT2D eigenvalue weighted by Crippen LogP contribution is 2.32. The molecule has 21 heavy (non-hydrogen) atoms. The van der Waals surface area contributed by atoms with Crippen LogP contribution >= 0.6 is 11.3 Å². The molecule has 1 N–H and O–H groups in total. The predicted octanol–water partition coefficient (Wildman–Crippen LogP) is 2.86.